The molecule has 0 aliphatic heterocycles. The van der Waals surface area contributed by atoms with Crippen LogP contribution in [0, 0.1) is 19.3 Å². The Balaban J connectivity index is 2.34. The minimum atomic E-state index is 0.257. The lowest BCUT2D eigenvalue weighted by molar-refractivity contribution is 0.304. The molecule has 0 spiro atoms. The van der Waals surface area contributed by atoms with E-state index in [-0.39, 0.29) is 5.84 Å². The summed E-state index contributed by atoms with van der Waals surface area (Å²) < 4.78 is 5.74. The van der Waals surface area contributed by atoms with E-state index in [1.165, 1.54) is 11.1 Å². The van der Waals surface area contributed by atoms with Gasteiger partial charge >= 0.3 is 0 Å². The van der Waals surface area contributed by atoms with E-state index in [1.807, 2.05) is 6.07 Å². The number of nitrogens with one attached hydrogen (secondary N) is 1. The number of unbranched alkanes of at least 4 members (excludes halogenated alkanes) is 1. The van der Waals surface area contributed by atoms with Crippen LogP contribution >= 0.6 is 0 Å². The molecule has 0 unspecified atom stereocenters. The van der Waals surface area contributed by atoms with Gasteiger partial charge in [-0.1, -0.05) is 18.2 Å². The van der Waals surface area contributed by atoms with Gasteiger partial charge in [-0.25, -0.2) is 0 Å². The van der Waals surface area contributed by atoms with Crippen LogP contribution in [-0.4, -0.2) is 12.4 Å². The monoisotopic (exact) mass is 220 g/mol. The minimum Gasteiger partial charge on any atom is -0.493 e. The smallest absolute Gasteiger partial charge is 0.125 e. The lowest BCUT2D eigenvalue weighted by Gasteiger charge is -2.11. The van der Waals surface area contributed by atoms with E-state index in [2.05, 4.69) is 26.0 Å². The molecule has 1 rings (SSSR count). The van der Waals surface area contributed by atoms with Crippen molar-refractivity contribution in [3.8, 4) is 5.75 Å². The average molecular weight is 220 g/mol. The summed E-state index contributed by atoms with van der Waals surface area (Å²) in [5.41, 5.74) is 7.62. The van der Waals surface area contributed by atoms with Gasteiger partial charge < -0.3 is 10.5 Å². The highest BCUT2D eigenvalue weighted by Gasteiger charge is 2.02. The molecule has 0 radical (unpaired) electrons. The van der Waals surface area contributed by atoms with Crippen molar-refractivity contribution < 1.29 is 4.74 Å². The molecule has 0 aromatic heterocycles. The van der Waals surface area contributed by atoms with Crippen molar-refractivity contribution in [3.05, 3.63) is 29.3 Å². The fourth-order valence-electron chi connectivity index (χ4n) is 1.62. The summed E-state index contributed by atoms with van der Waals surface area (Å²) in [7, 11) is 0. The Hall–Kier alpha value is -1.51. The second-order valence-corrected chi connectivity index (χ2v) is 4.05. The first-order valence-corrected chi connectivity index (χ1v) is 5.63. The summed E-state index contributed by atoms with van der Waals surface area (Å²) in [6.45, 7) is 4.80. The van der Waals surface area contributed by atoms with Crippen molar-refractivity contribution in [1.29, 1.82) is 5.41 Å². The predicted molar refractivity (Wildman–Crippen MR) is 67.2 cm³/mol. The van der Waals surface area contributed by atoms with Gasteiger partial charge in [0.05, 0.1) is 12.4 Å². The van der Waals surface area contributed by atoms with Gasteiger partial charge in [0.15, 0.2) is 0 Å². The van der Waals surface area contributed by atoms with Crippen LogP contribution in [0.3, 0.4) is 0 Å². The van der Waals surface area contributed by atoms with Crippen molar-refractivity contribution in [1.82, 2.24) is 0 Å². The summed E-state index contributed by atoms with van der Waals surface area (Å²) in [4.78, 5) is 0. The maximum atomic E-state index is 7.10. The summed E-state index contributed by atoms with van der Waals surface area (Å²) >= 11 is 0. The largest absolute Gasteiger partial charge is 0.493 e. The summed E-state index contributed by atoms with van der Waals surface area (Å²) in [6.07, 6.45) is 2.52. The van der Waals surface area contributed by atoms with Gasteiger partial charge in [-0.15, -0.1) is 0 Å². The molecule has 3 nitrogen and oxygen atoms in total. The third-order valence-corrected chi connectivity index (χ3v) is 2.50. The van der Waals surface area contributed by atoms with Gasteiger partial charge in [-0.05, 0) is 37.8 Å². The lowest BCUT2D eigenvalue weighted by Crippen LogP contribution is -2.09. The van der Waals surface area contributed by atoms with Gasteiger partial charge in [0.1, 0.15) is 5.75 Å². The number of nitrogens with two attached hydrogens (primary N) is 1. The van der Waals surface area contributed by atoms with E-state index >= 15 is 0 Å². The molecule has 0 heterocycles. The fourth-order valence-corrected chi connectivity index (χ4v) is 1.62. The third kappa shape index (κ3) is 3.93. The number of aryl methyl sites for hydroxylation is 2. The topological polar surface area (TPSA) is 59.1 Å². The van der Waals surface area contributed by atoms with Crippen molar-refractivity contribution >= 4 is 5.84 Å². The van der Waals surface area contributed by atoms with E-state index in [4.69, 9.17) is 15.9 Å². The highest BCUT2D eigenvalue weighted by atomic mass is 16.5. The Labute approximate surface area is 97.1 Å². The van der Waals surface area contributed by atoms with E-state index in [9.17, 15) is 0 Å². The first kappa shape index (κ1) is 12.6. The molecule has 0 bridgehead atoms. The number of ether oxygens (including phenoxy) is 1. The van der Waals surface area contributed by atoms with Crippen LogP contribution in [0.15, 0.2) is 18.2 Å². The molecule has 0 atom stereocenters. The van der Waals surface area contributed by atoms with Crippen LogP contribution in [0.5, 0.6) is 5.75 Å². The second kappa shape index (κ2) is 6.16. The standard InChI is InChI=1S/C13H20N2O/c1-10-6-5-7-11(2)13(10)16-9-4-3-8-12(14)15/h5-7H,3-4,8-9H2,1-2H3,(H3,14,15). The molecule has 0 amide bonds. The molecule has 16 heavy (non-hydrogen) atoms. The number of hydrogen-bond donors (Lipinski definition) is 2. The molecule has 0 saturated heterocycles. The van der Waals surface area contributed by atoms with Crippen LogP contribution < -0.4 is 10.5 Å². The molecule has 1 aromatic rings. The Kier molecular flexibility index (Phi) is 4.83. The van der Waals surface area contributed by atoms with E-state index in [0.717, 1.165) is 18.6 Å². The van der Waals surface area contributed by atoms with Crippen LogP contribution in [0.4, 0.5) is 0 Å². The molecule has 0 saturated carbocycles. The SMILES string of the molecule is Cc1cccc(C)c1OCCCCC(=N)N. The predicted octanol–water partition coefficient (Wildman–Crippen LogP) is 2.79. The molecule has 1 aromatic carbocycles. The van der Waals surface area contributed by atoms with Gasteiger partial charge in [-0.3, -0.25) is 5.41 Å². The molecule has 0 aliphatic carbocycles. The van der Waals surface area contributed by atoms with Crippen LogP contribution in [-0.2, 0) is 0 Å². The van der Waals surface area contributed by atoms with E-state index < -0.39 is 0 Å². The normalized spacial score (nSPS) is 10.1. The van der Waals surface area contributed by atoms with Crippen LogP contribution in [0.1, 0.15) is 30.4 Å². The zero-order valence-corrected chi connectivity index (χ0v) is 10.0. The molecular formula is C13H20N2O. The van der Waals surface area contributed by atoms with Crippen molar-refractivity contribution in [2.24, 2.45) is 5.73 Å². The summed E-state index contributed by atoms with van der Waals surface area (Å²) in [5, 5.41) is 7.10. The van der Waals surface area contributed by atoms with Crippen molar-refractivity contribution in [2.75, 3.05) is 6.61 Å². The number of amidine groups is 1. The molecule has 88 valence electrons. The summed E-state index contributed by atoms with van der Waals surface area (Å²) in [5.74, 6) is 1.25. The number of para-hydroxylation sites is 1. The quantitative estimate of drug-likeness (QED) is 0.440. The zero-order chi connectivity index (χ0) is 12.0. The molecule has 3 N–H and O–H groups in total. The molecule has 0 aliphatic rings. The van der Waals surface area contributed by atoms with Crippen molar-refractivity contribution in [2.45, 2.75) is 33.1 Å². The van der Waals surface area contributed by atoms with Crippen LogP contribution in [0.25, 0.3) is 0 Å². The van der Waals surface area contributed by atoms with Gasteiger partial charge in [-0.2, -0.15) is 0 Å². The summed E-state index contributed by atoms with van der Waals surface area (Å²) in [6, 6.07) is 6.14. The van der Waals surface area contributed by atoms with Gasteiger partial charge in [0, 0.05) is 6.42 Å². The highest BCUT2D eigenvalue weighted by molar-refractivity contribution is 5.76. The molecule has 0 fully saturated rings. The minimum absolute atomic E-state index is 0.257. The zero-order valence-electron chi connectivity index (χ0n) is 10.0. The van der Waals surface area contributed by atoms with Gasteiger partial charge in [0.2, 0.25) is 0 Å². The van der Waals surface area contributed by atoms with Crippen LogP contribution in [0.2, 0.25) is 0 Å². The Morgan fingerprint density at radius 3 is 2.44 bits per heavy atom. The van der Waals surface area contributed by atoms with Crippen molar-refractivity contribution in [3.63, 3.8) is 0 Å². The average Bonchev–Trinajstić information content (AvgIpc) is 2.21. The van der Waals surface area contributed by atoms with E-state index in [1.54, 1.807) is 0 Å². The maximum Gasteiger partial charge on any atom is 0.125 e. The second-order valence-electron chi connectivity index (χ2n) is 4.05. The first-order valence-electron chi connectivity index (χ1n) is 5.63. The maximum absolute atomic E-state index is 7.10. The van der Waals surface area contributed by atoms with E-state index in [0.29, 0.717) is 13.0 Å². The number of benzene rings is 1. The first-order chi connectivity index (χ1) is 7.61. The fraction of sp³-hybridized carbons (Fsp3) is 0.462. The Morgan fingerprint density at radius 1 is 1.25 bits per heavy atom. The number of hydrogen-bond acceptors (Lipinski definition) is 2. The lowest BCUT2D eigenvalue weighted by atomic mass is 10.1. The molecule has 3 heteroatoms. The highest BCUT2D eigenvalue weighted by Crippen LogP contribution is 2.22. The number of rotatable bonds is 6. The Morgan fingerprint density at radius 2 is 1.88 bits per heavy atom. The Bertz CT molecular complexity index is 341. The van der Waals surface area contributed by atoms with Gasteiger partial charge in [0.25, 0.3) is 0 Å². The third-order valence-electron chi connectivity index (χ3n) is 2.50. The molecular weight excluding hydrogens is 200 g/mol.